The fourth-order valence-electron chi connectivity index (χ4n) is 7.17. The molecule has 7 rings (SSSR count). The number of amides is 1. The van der Waals surface area contributed by atoms with Crippen molar-refractivity contribution in [1.29, 1.82) is 15.8 Å². The molecular formula is C43H26Cl2F14N10O3. The van der Waals surface area contributed by atoms with Gasteiger partial charge in [0, 0.05) is 37.6 Å². The lowest BCUT2D eigenvalue weighted by atomic mass is 10.00. The minimum absolute atomic E-state index is 0.00847. The lowest BCUT2D eigenvalue weighted by molar-refractivity contribution is -0.351. The number of carbonyl (C=O) groups excluding carboxylic acids is 2. The Morgan fingerprint density at radius 2 is 1.00 bits per heavy atom. The average Bonchev–Trinajstić information content (AvgIpc) is 3.68. The van der Waals surface area contributed by atoms with Gasteiger partial charge in [-0.2, -0.15) is 78.7 Å². The third kappa shape index (κ3) is 9.27. The molecule has 29 heteroatoms. The van der Waals surface area contributed by atoms with Crippen molar-refractivity contribution >= 4 is 35.1 Å². The number of hydrogen-bond acceptors (Lipinski definition) is 8. The summed E-state index contributed by atoms with van der Waals surface area (Å²) in [5, 5.41) is 38.4. The first kappa shape index (κ1) is 53.8. The number of methoxy groups -OCH3 is 1. The highest BCUT2D eigenvalue weighted by atomic mass is 35.5. The second-order valence-electron chi connectivity index (χ2n) is 15.6. The molecule has 72 heavy (non-hydrogen) atoms. The molecule has 0 unspecified atom stereocenters. The highest BCUT2D eigenvalue weighted by molar-refractivity contribution is 6.34. The summed E-state index contributed by atoms with van der Waals surface area (Å²) in [5.74, 6) is -2.47. The van der Waals surface area contributed by atoms with Crippen LogP contribution in [0.2, 0.25) is 10.0 Å². The number of nitrogens with zero attached hydrogens (tertiary/aromatic N) is 9. The van der Waals surface area contributed by atoms with E-state index in [9.17, 15) is 86.8 Å². The van der Waals surface area contributed by atoms with E-state index in [4.69, 9.17) is 23.2 Å². The van der Waals surface area contributed by atoms with Crippen molar-refractivity contribution in [2.45, 2.75) is 54.4 Å². The number of hydrogen-bond donors (Lipinski definition) is 1. The first-order valence-corrected chi connectivity index (χ1v) is 20.4. The van der Waals surface area contributed by atoms with Gasteiger partial charge in [0.05, 0.1) is 69.3 Å². The Bertz CT molecular complexity index is 3220. The van der Waals surface area contributed by atoms with Crippen LogP contribution >= 0.6 is 23.2 Å². The molecule has 13 nitrogen and oxygen atoms in total. The van der Waals surface area contributed by atoms with Crippen molar-refractivity contribution in [3.05, 3.63) is 117 Å². The van der Waals surface area contributed by atoms with E-state index in [-0.39, 0.29) is 53.6 Å². The van der Waals surface area contributed by atoms with Crippen LogP contribution < -0.4 is 5.32 Å². The van der Waals surface area contributed by atoms with E-state index in [1.165, 1.54) is 73.3 Å². The zero-order chi connectivity index (χ0) is 53.9. The van der Waals surface area contributed by atoms with Gasteiger partial charge in [-0.25, -0.2) is 22.9 Å². The van der Waals surface area contributed by atoms with Crippen LogP contribution in [0.3, 0.4) is 0 Å². The second kappa shape index (κ2) is 18.6. The number of halogens is 16. The van der Waals surface area contributed by atoms with Crippen molar-refractivity contribution in [2.75, 3.05) is 7.11 Å². The molecule has 0 spiro atoms. The molecule has 0 bridgehead atoms. The average molecular weight is 1070 g/mol. The Labute approximate surface area is 404 Å². The predicted molar refractivity (Wildman–Crippen MR) is 222 cm³/mol. The quantitative estimate of drug-likeness (QED) is 0.110. The van der Waals surface area contributed by atoms with Gasteiger partial charge in [-0.15, -0.1) is 0 Å². The number of alkyl halides is 14. The van der Waals surface area contributed by atoms with Gasteiger partial charge in [-0.05, 0) is 60.4 Å². The predicted octanol–water partition coefficient (Wildman–Crippen LogP) is 11.0. The van der Waals surface area contributed by atoms with Gasteiger partial charge in [-0.1, -0.05) is 35.3 Å². The van der Waals surface area contributed by atoms with Crippen LogP contribution in [0.4, 0.5) is 61.5 Å². The van der Waals surface area contributed by atoms with E-state index in [0.29, 0.717) is 24.0 Å². The molecule has 1 saturated carbocycles. The first-order valence-electron chi connectivity index (χ1n) is 19.6. The molecule has 1 fully saturated rings. The van der Waals surface area contributed by atoms with Crippen LogP contribution in [0.1, 0.15) is 56.1 Å². The van der Waals surface area contributed by atoms with Crippen molar-refractivity contribution in [2.24, 2.45) is 14.1 Å². The Morgan fingerprint density at radius 1 is 0.625 bits per heavy atom. The minimum Gasteiger partial charge on any atom is -0.465 e. The van der Waals surface area contributed by atoms with Crippen LogP contribution in [0.15, 0.2) is 73.3 Å². The molecule has 0 radical (unpaired) electrons. The fourth-order valence-corrected chi connectivity index (χ4v) is 7.57. The van der Waals surface area contributed by atoms with E-state index in [0.717, 1.165) is 30.6 Å². The van der Waals surface area contributed by atoms with E-state index in [1.54, 1.807) is 0 Å². The summed E-state index contributed by atoms with van der Waals surface area (Å²) >= 11 is 12.1. The van der Waals surface area contributed by atoms with Crippen molar-refractivity contribution < 1.29 is 75.8 Å². The molecule has 1 aliphatic rings. The van der Waals surface area contributed by atoms with Crippen molar-refractivity contribution in [3.63, 3.8) is 0 Å². The molecule has 0 saturated heterocycles. The molecule has 6 aromatic rings. The summed E-state index contributed by atoms with van der Waals surface area (Å²) in [6.07, 6.45) is -19.8. The molecule has 1 aliphatic carbocycles. The zero-order valence-corrected chi connectivity index (χ0v) is 37.7. The number of ether oxygens (including phenoxy) is 1. The summed E-state index contributed by atoms with van der Waals surface area (Å²) in [7, 11) is 2.62. The van der Waals surface area contributed by atoms with Gasteiger partial charge in [-0.3, -0.25) is 4.79 Å². The standard InChI is InChI=1S/C23H14ClF7N6O.C20H12ClF7N4O2/c1-36-17(21(25,22(26,27)28)23(29,30)31)7-13(8-32)19(36)37-10-14(9-34-37)12-2-3-16(24)15(6-12)18(38)35-20(11-33)4-5-20;1-31-15(18(22,19(23,24)25)20(26,27)28)6-11(7-29)16(31)32-9-12(8-30-32)10-3-4-14(21)13(5-10)17(33)34-2/h2-3,6-7,9-10H,4-5H2,1H3,(H,35,38);3-6,8-9H,1-2H3. The van der Waals surface area contributed by atoms with Gasteiger partial charge in [0.25, 0.3) is 5.91 Å². The fraction of sp³-hybridized carbons (Fsp3) is 0.279. The second-order valence-corrected chi connectivity index (χ2v) is 16.4. The smallest absolute Gasteiger partial charge is 0.437 e. The van der Waals surface area contributed by atoms with E-state index in [2.05, 4.69) is 20.3 Å². The largest absolute Gasteiger partial charge is 0.465 e. The Balaban J connectivity index is 0.000000237. The highest BCUT2D eigenvalue weighted by Gasteiger charge is 2.76. The lowest BCUT2D eigenvalue weighted by Crippen LogP contribution is -2.51. The number of aromatic nitrogens is 6. The molecule has 2 aromatic carbocycles. The maximum atomic E-state index is 14.7. The molecule has 1 amide bonds. The Morgan fingerprint density at radius 3 is 1.33 bits per heavy atom. The number of nitriles is 3. The topological polar surface area (TPSA) is 172 Å². The van der Waals surface area contributed by atoms with E-state index >= 15 is 0 Å². The lowest BCUT2D eigenvalue weighted by Gasteiger charge is -2.30. The van der Waals surface area contributed by atoms with Gasteiger partial charge in [0.2, 0.25) is 0 Å². The number of nitrogens with one attached hydrogen (secondary N) is 1. The number of carbonyl (C=O) groups is 2. The van der Waals surface area contributed by atoms with Crippen LogP contribution in [0.5, 0.6) is 0 Å². The number of esters is 1. The maximum Gasteiger partial charge on any atom is 0.437 e. The third-order valence-electron chi connectivity index (χ3n) is 11.1. The molecule has 378 valence electrons. The number of rotatable bonds is 9. The third-order valence-corrected chi connectivity index (χ3v) is 11.7. The summed E-state index contributed by atoms with van der Waals surface area (Å²) in [5.41, 5.74) is -16.4. The molecule has 0 atom stereocenters. The minimum atomic E-state index is -6.37. The van der Waals surface area contributed by atoms with Gasteiger partial charge in [0.15, 0.2) is 11.6 Å². The number of benzene rings is 2. The summed E-state index contributed by atoms with van der Waals surface area (Å²) < 4.78 is 196. The van der Waals surface area contributed by atoms with Gasteiger partial charge < -0.3 is 19.2 Å². The normalized spacial score (nSPS) is 13.8. The Hall–Kier alpha value is -7.57. The molecule has 1 N–H and O–H groups in total. The SMILES string of the molecule is COC(=O)c1cc(-c2cnn(-c3c(C#N)cc(C(F)(C(F)(F)F)C(F)(F)F)n3C)c2)ccc1Cl.Cn1c(C(F)(C(F)(F)F)C(F)(F)F)cc(C#N)c1-n1cc(-c2ccc(Cl)c(C(=O)NC3(C#N)CC3)c2)cn1. The maximum absolute atomic E-state index is 14.7. The summed E-state index contributed by atoms with van der Waals surface area (Å²) in [4.78, 5) is 24.5. The molecule has 0 aliphatic heterocycles. The summed E-state index contributed by atoms with van der Waals surface area (Å²) in [6.45, 7) is 0. The van der Waals surface area contributed by atoms with Crippen LogP contribution in [-0.4, -0.2) is 77.9 Å². The zero-order valence-electron chi connectivity index (χ0n) is 36.1. The summed E-state index contributed by atoms with van der Waals surface area (Å²) in [6, 6.07) is 13.6. The molecule has 4 aromatic heterocycles. The van der Waals surface area contributed by atoms with Crippen LogP contribution in [0.25, 0.3) is 33.9 Å². The van der Waals surface area contributed by atoms with E-state index < -0.39 is 87.6 Å². The van der Waals surface area contributed by atoms with Crippen molar-refractivity contribution in [3.8, 4) is 52.1 Å². The van der Waals surface area contributed by atoms with Crippen molar-refractivity contribution in [1.82, 2.24) is 34.0 Å². The van der Waals surface area contributed by atoms with Crippen LogP contribution in [0, 0.1) is 34.0 Å². The molecular weight excluding hydrogens is 1040 g/mol. The van der Waals surface area contributed by atoms with Gasteiger partial charge in [0.1, 0.15) is 17.7 Å². The van der Waals surface area contributed by atoms with E-state index in [1.807, 2.05) is 6.07 Å². The molecule has 4 heterocycles. The Kier molecular flexibility index (Phi) is 13.9. The first-order chi connectivity index (χ1) is 33.2. The van der Waals surface area contributed by atoms with Gasteiger partial charge >= 0.3 is 42.0 Å². The van der Waals surface area contributed by atoms with Crippen LogP contribution in [-0.2, 0) is 30.2 Å². The highest BCUT2D eigenvalue weighted by Crippen LogP contribution is 2.55. The monoisotopic (exact) mass is 1070 g/mol.